The van der Waals surface area contributed by atoms with Crippen molar-refractivity contribution in [3.63, 3.8) is 0 Å². The number of fused-ring (bicyclic) bond motifs is 13. The quantitative estimate of drug-likeness (QED) is 0.168. The second-order valence-electron chi connectivity index (χ2n) is 15.5. The fourth-order valence-corrected chi connectivity index (χ4v) is 9.74. The molecule has 0 aliphatic heterocycles. The van der Waals surface area contributed by atoms with Crippen molar-refractivity contribution >= 4 is 87.2 Å². The molecular formula is C55H33N3O. The fraction of sp³-hybridized carbons (Fsp3) is 0. The molecule has 274 valence electrons. The highest BCUT2D eigenvalue weighted by molar-refractivity contribution is 6.28. The fourth-order valence-electron chi connectivity index (χ4n) is 9.74. The summed E-state index contributed by atoms with van der Waals surface area (Å²) in [4.78, 5) is 5.39. The Morgan fingerprint density at radius 3 is 1.44 bits per heavy atom. The Morgan fingerprint density at radius 2 is 0.831 bits per heavy atom. The second-order valence-corrected chi connectivity index (χ2v) is 15.5. The highest BCUT2D eigenvalue weighted by Crippen LogP contribution is 2.43. The molecule has 0 aliphatic carbocycles. The van der Waals surface area contributed by atoms with E-state index in [1.54, 1.807) is 0 Å². The Balaban J connectivity index is 1.09. The van der Waals surface area contributed by atoms with Crippen molar-refractivity contribution in [2.24, 2.45) is 0 Å². The lowest BCUT2D eigenvalue weighted by Crippen LogP contribution is -2.00. The first-order valence-electron chi connectivity index (χ1n) is 20.1. The van der Waals surface area contributed by atoms with Crippen molar-refractivity contribution in [1.82, 2.24) is 14.1 Å². The van der Waals surface area contributed by atoms with Crippen molar-refractivity contribution in [3.8, 4) is 33.8 Å². The van der Waals surface area contributed by atoms with Crippen LogP contribution in [0.25, 0.3) is 121 Å². The number of nitrogens with zero attached hydrogens (tertiary/aromatic N) is 3. The molecule has 0 radical (unpaired) electrons. The zero-order valence-corrected chi connectivity index (χ0v) is 31.8. The molecule has 0 saturated heterocycles. The van der Waals surface area contributed by atoms with Crippen LogP contribution in [0.1, 0.15) is 0 Å². The van der Waals surface area contributed by atoms with Crippen LogP contribution in [0.4, 0.5) is 0 Å². The zero-order chi connectivity index (χ0) is 38.6. The predicted molar refractivity (Wildman–Crippen MR) is 246 cm³/mol. The standard InChI is InChI=1S/C55H33N3O/c1-7-22-46-43(20-1)53-45(28-29-52-54(53)44-21-6-12-27-51(44)59-52)55(56-46)35-15-13-14-34(30-35)36-31-37(57-47-23-8-2-16-39(47)40-17-3-9-24-48(40)57)33-38(32-36)58-49-25-10-4-18-41(49)42-19-5-11-26-50(42)58/h1-33H. The molecule has 4 aromatic heterocycles. The number of aromatic nitrogens is 3. The van der Waals surface area contributed by atoms with Gasteiger partial charge < -0.3 is 13.6 Å². The maximum Gasteiger partial charge on any atom is 0.136 e. The van der Waals surface area contributed by atoms with E-state index in [0.717, 1.165) is 72.0 Å². The number of rotatable bonds is 4. The Kier molecular flexibility index (Phi) is 6.69. The summed E-state index contributed by atoms with van der Waals surface area (Å²) < 4.78 is 11.2. The number of furan rings is 1. The minimum atomic E-state index is 0.884. The van der Waals surface area contributed by atoms with Crippen LogP contribution in [0.2, 0.25) is 0 Å². The van der Waals surface area contributed by atoms with Crippen molar-refractivity contribution < 1.29 is 4.42 Å². The van der Waals surface area contributed by atoms with Crippen molar-refractivity contribution in [2.75, 3.05) is 0 Å². The molecule has 0 saturated carbocycles. The number of para-hydroxylation sites is 6. The number of hydrogen-bond acceptors (Lipinski definition) is 2. The lowest BCUT2D eigenvalue weighted by Gasteiger charge is -2.16. The Hall–Kier alpha value is -7.95. The monoisotopic (exact) mass is 751 g/mol. The van der Waals surface area contributed by atoms with Gasteiger partial charge in [-0.2, -0.15) is 0 Å². The zero-order valence-electron chi connectivity index (χ0n) is 31.8. The second kappa shape index (κ2) is 12.3. The Morgan fingerprint density at radius 1 is 0.322 bits per heavy atom. The van der Waals surface area contributed by atoms with E-state index < -0.39 is 0 Å². The van der Waals surface area contributed by atoms with Crippen LogP contribution in [-0.4, -0.2) is 14.1 Å². The van der Waals surface area contributed by atoms with Gasteiger partial charge in [0.2, 0.25) is 0 Å². The third kappa shape index (κ3) is 4.69. The molecule has 0 aliphatic rings. The van der Waals surface area contributed by atoms with Gasteiger partial charge >= 0.3 is 0 Å². The van der Waals surface area contributed by atoms with Gasteiger partial charge in [-0.25, -0.2) is 4.98 Å². The highest BCUT2D eigenvalue weighted by Gasteiger charge is 2.20. The summed E-state index contributed by atoms with van der Waals surface area (Å²) >= 11 is 0. The first-order chi connectivity index (χ1) is 29.3. The SMILES string of the molecule is c1cc(-c2cc(-n3c4ccccc4c4ccccc43)cc(-n3c4ccccc4c4ccccc43)c2)cc(-c2nc3ccccc3c3c2ccc2oc4ccccc4c23)c1. The molecule has 4 heteroatoms. The molecule has 0 fully saturated rings. The van der Waals surface area contributed by atoms with Crippen LogP contribution in [0.15, 0.2) is 205 Å². The molecule has 0 N–H and O–H groups in total. The van der Waals surface area contributed by atoms with E-state index in [-0.39, 0.29) is 0 Å². The van der Waals surface area contributed by atoms with E-state index in [2.05, 4.69) is 203 Å². The third-order valence-electron chi connectivity index (χ3n) is 12.3. The minimum Gasteiger partial charge on any atom is -0.456 e. The maximum atomic E-state index is 6.40. The summed E-state index contributed by atoms with van der Waals surface area (Å²) in [5, 5.41) is 10.6. The van der Waals surface area contributed by atoms with Crippen LogP contribution in [0.5, 0.6) is 0 Å². The summed E-state index contributed by atoms with van der Waals surface area (Å²) in [7, 11) is 0. The van der Waals surface area contributed by atoms with Crippen LogP contribution in [-0.2, 0) is 0 Å². The highest BCUT2D eigenvalue weighted by atomic mass is 16.3. The van der Waals surface area contributed by atoms with E-state index in [0.29, 0.717) is 0 Å². The van der Waals surface area contributed by atoms with Gasteiger partial charge in [0.1, 0.15) is 11.2 Å². The molecule has 0 amide bonds. The Labute approximate surface area is 338 Å². The molecule has 0 unspecified atom stereocenters. The summed E-state index contributed by atoms with van der Waals surface area (Å²) in [5.74, 6) is 0. The van der Waals surface area contributed by atoms with Crippen molar-refractivity contribution in [1.29, 1.82) is 0 Å². The smallest absolute Gasteiger partial charge is 0.136 e. The van der Waals surface area contributed by atoms with Gasteiger partial charge in [-0.15, -0.1) is 0 Å². The van der Waals surface area contributed by atoms with Gasteiger partial charge in [0.05, 0.1) is 33.3 Å². The lowest BCUT2D eigenvalue weighted by atomic mass is 9.94. The molecule has 0 atom stereocenters. The molecule has 13 aromatic rings. The van der Waals surface area contributed by atoms with Gasteiger partial charge in [-0.3, -0.25) is 0 Å². The van der Waals surface area contributed by atoms with Gasteiger partial charge in [-0.1, -0.05) is 127 Å². The van der Waals surface area contributed by atoms with E-state index in [1.165, 1.54) is 49.0 Å². The van der Waals surface area contributed by atoms with Crippen molar-refractivity contribution in [3.05, 3.63) is 200 Å². The predicted octanol–water partition coefficient (Wildman–Crippen LogP) is 14.8. The van der Waals surface area contributed by atoms with Crippen LogP contribution < -0.4 is 0 Å². The number of benzene rings is 9. The van der Waals surface area contributed by atoms with Gasteiger partial charge in [0.15, 0.2) is 0 Å². The van der Waals surface area contributed by atoms with E-state index in [4.69, 9.17) is 9.40 Å². The molecule has 59 heavy (non-hydrogen) atoms. The average molecular weight is 752 g/mol. The summed E-state index contributed by atoms with van der Waals surface area (Å²) in [6.45, 7) is 0. The van der Waals surface area contributed by atoms with Crippen molar-refractivity contribution in [2.45, 2.75) is 0 Å². The summed E-state index contributed by atoms with van der Waals surface area (Å²) in [6.07, 6.45) is 0. The first-order valence-corrected chi connectivity index (χ1v) is 20.1. The largest absolute Gasteiger partial charge is 0.456 e. The minimum absolute atomic E-state index is 0.884. The molecule has 4 heterocycles. The van der Waals surface area contributed by atoms with E-state index in [1.807, 2.05) is 6.07 Å². The first kappa shape index (κ1) is 32.2. The molecule has 13 rings (SSSR count). The summed E-state index contributed by atoms with van der Waals surface area (Å²) in [6, 6.07) is 72.0. The van der Waals surface area contributed by atoms with Gasteiger partial charge in [-0.05, 0) is 83.9 Å². The number of hydrogen-bond donors (Lipinski definition) is 0. The molecular weight excluding hydrogens is 719 g/mol. The maximum absolute atomic E-state index is 6.40. The van der Waals surface area contributed by atoms with E-state index in [9.17, 15) is 0 Å². The van der Waals surface area contributed by atoms with E-state index >= 15 is 0 Å². The normalized spacial score (nSPS) is 12.1. The van der Waals surface area contributed by atoms with Crippen LogP contribution in [0.3, 0.4) is 0 Å². The lowest BCUT2D eigenvalue weighted by molar-refractivity contribution is 0.669. The topological polar surface area (TPSA) is 35.9 Å². The molecule has 9 aromatic carbocycles. The summed E-state index contributed by atoms with van der Waals surface area (Å²) in [5.41, 5.74) is 13.9. The van der Waals surface area contributed by atoms with Crippen LogP contribution >= 0.6 is 0 Å². The van der Waals surface area contributed by atoms with Gasteiger partial charge in [0, 0.05) is 65.4 Å². The van der Waals surface area contributed by atoms with Crippen LogP contribution in [0, 0.1) is 0 Å². The molecule has 0 spiro atoms. The third-order valence-corrected chi connectivity index (χ3v) is 12.3. The molecule has 4 nitrogen and oxygen atoms in total. The number of pyridine rings is 1. The Bertz CT molecular complexity index is 3620. The molecule has 0 bridgehead atoms. The average Bonchev–Trinajstić information content (AvgIpc) is 3.96. The van der Waals surface area contributed by atoms with Gasteiger partial charge in [0.25, 0.3) is 0 Å².